The summed E-state index contributed by atoms with van der Waals surface area (Å²) in [5, 5.41) is 34.5. The molecule has 0 aliphatic carbocycles. The summed E-state index contributed by atoms with van der Waals surface area (Å²) in [4.78, 5) is 22.1. The molecule has 7 nitrogen and oxygen atoms in total. The minimum absolute atomic E-state index is 0.274. The molecule has 1 heterocycles. The lowest BCUT2D eigenvalue weighted by atomic mass is 10.3. The Balaban J connectivity index is 0.000000302. The normalized spacial score (nSPS) is 10.9. The summed E-state index contributed by atoms with van der Waals surface area (Å²) in [5.74, 6) is -2.86. The number of H-pyrrole nitrogens is 1. The van der Waals surface area contributed by atoms with Gasteiger partial charge in [0.05, 0.1) is 0 Å². The second kappa shape index (κ2) is 7.18. The van der Waals surface area contributed by atoms with Gasteiger partial charge in [-0.15, -0.1) is 0 Å². The quantitative estimate of drug-likeness (QED) is 0.567. The molecule has 1 atom stereocenters. The molecule has 7 heteroatoms. The van der Waals surface area contributed by atoms with Crippen molar-refractivity contribution in [3.63, 3.8) is 0 Å². The molecular weight excluding hydrogens is 230 g/mol. The average Bonchev–Trinajstić information content (AvgIpc) is 2.22. The first-order chi connectivity index (χ1) is 7.82. The molecule has 0 aromatic carbocycles. The van der Waals surface area contributed by atoms with Gasteiger partial charge in [0.15, 0.2) is 17.5 Å². The number of rotatable bonds is 3. The van der Waals surface area contributed by atoms with E-state index >= 15 is 0 Å². The van der Waals surface area contributed by atoms with E-state index in [0.29, 0.717) is 0 Å². The van der Waals surface area contributed by atoms with Gasteiger partial charge in [-0.25, -0.2) is 9.78 Å². The number of aromatic hydroxyl groups is 1. The molecule has 1 aromatic rings. The Labute approximate surface area is 97.0 Å². The third kappa shape index (κ3) is 7.74. The van der Waals surface area contributed by atoms with Crippen molar-refractivity contribution in [3.05, 3.63) is 24.0 Å². The predicted molar refractivity (Wildman–Crippen MR) is 52.7 cm³/mol. The molecule has 0 aliphatic rings. The van der Waals surface area contributed by atoms with Gasteiger partial charge in [-0.05, 0) is 6.07 Å². The van der Waals surface area contributed by atoms with Crippen molar-refractivity contribution in [2.75, 3.05) is 0 Å². The van der Waals surface area contributed by atoms with Gasteiger partial charge in [-0.1, -0.05) is 0 Å². The van der Waals surface area contributed by atoms with E-state index in [4.69, 9.17) is 15.3 Å². The van der Waals surface area contributed by atoms with Crippen LogP contribution in [0.5, 0.6) is 5.75 Å². The summed E-state index contributed by atoms with van der Waals surface area (Å²) in [7, 11) is 0. The van der Waals surface area contributed by atoms with Gasteiger partial charge in [0.25, 0.3) is 0 Å². The maximum absolute atomic E-state index is 9.69. The Kier molecular flexibility index (Phi) is 6.27. The smallest absolute Gasteiger partial charge is 0.332 e. The summed E-state index contributed by atoms with van der Waals surface area (Å²) in [6.07, 6.45) is -1.17. The summed E-state index contributed by atoms with van der Waals surface area (Å²) in [5.41, 5.74) is 1.04. The van der Waals surface area contributed by atoms with Crippen molar-refractivity contribution in [1.29, 1.82) is 0 Å². The maximum atomic E-state index is 9.69. The van der Waals surface area contributed by atoms with Crippen LogP contribution in [0.3, 0.4) is 0 Å². The van der Waals surface area contributed by atoms with Crippen molar-refractivity contribution < 1.29 is 35.0 Å². The number of carboxylic acids is 2. The molecule has 4 N–H and O–H groups in total. The van der Waals surface area contributed by atoms with Crippen LogP contribution in [0.25, 0.3) is 0 Å². The fourth-order valence-corrected chi connectivity index (χ4v) is 0.740. The van der Waals surface area contributed by atoms with Crippen molar-refractivity contribution >= 4 is 11.9 Å². The number of pyridine rings is 1. The number of aromatic amines is 1. The number of aromatic nitrogens is 1. The Morgan fingerprint density at radius 1 is 1.47 bits per heavy atom. The Hall–Kier alpha value is -2.15. The number of aliphatic hydroxyl groups is 1. The van der Waals surface area contributed by atoms with E-state index in [1.807, 2.05) is 13.0 Å². The first-order valence-corrected chi connectivity index (χ1v) is 4.61. The largest absolute Gasteiger partial charge is 0.550 e. The van der Waals surface area contributed by atoms with Crippen LogP contribution in [0.2, 0.25) is 0 Å². The Bertz CT molecular complexity index is 354. The van der Waals surface area contributed by atoms with Crippen LogP contribution < -0.4 is 10.1 Å². The minimum Gasteiger partial charge on any atom is -0.550 e. The van der Waals surface area contributed by atoms with Gasteiger partial charge in [-0.3, -0.25) is 0 Å². The summed E-state index contributed by atoms with van der Waals surface area (Å²) in [6, 6.07) is 3.46. The third-order valence-corrected chi connectivity index (χ3v) is 1.60. The lowest BCUT2D eigenvalue weighted by molar-refractivity contribution is -0.388. The molecule has 1 aromatic heterocycles. The summed E-state index contributed by atoms with van der Waals surface area (Å²) in [6.45, 7) is 1.93. The van der Waals surface area contributed by atoms with E-state index in [0.717, 1.165) is 5.69 Å². The second-order valence-corrected chi connectivity index (χ2v) is 3.16. The first kappa shape index (κ1) is 14.8. The van der Waals surface area contributed by atoms with Gasteiger partial charge >= 0.3 is 5.97 Å². The van der Waals surface area contributed by atoms with Crippen molar-refractivity contribution in [3.8, 4) is 5.75 Å². The maximum Gasteiger partial charge on any atom is 0.332 e. The van der Waals surface area contributed by atoms with Gasteiger partial charge < -0.3 is 25.2 Å². The van der Waals surface area contributed by atoms with E-state index in [1.165, 1.54) is 0 Å². The molecule has 0 aliphatic heterocycles. The van der Waals surface area contributed by atoms with Crippen LogP contribution in [0.15, 0.2) is 18.3 Å². The van der Waals surface area contributed by atoms with Crippen LogP contribution >= 0.6 is 0 Å². The van der Waals surface area contributed by atoms with Crippen LogP contribution in [0.1, 0.15) is 12.1 Å². The van der Waals surface area contributed by atoms with Crippen molar-refractivity contribution in [2.24, 2.45) is 0 Å². The molecule has 0 amide bonds. The van der Waals surface area contributed by atoms with Crippen LogP contribution in [0, 0.1) is 6.92 Å². The van der Waals surface area contributed by atoms with Crippen molar-refractivity contribution in [1.82, 2.24) is 0 Å². The highest BCUT2D eigenvalue weighted by atomic mass is 16.4. The highest BCUT2D eigenvalue weighted by Gasteiger charge is 2.11. The molecule has 0 unspecified atom stereocenters. The number of aliphatic carboxylic acids is 2. The Morgan fingerprint density at radius 3 is 2.29 bits per heavy atom. The van der Waals surface area contributed by atoms with Crippen molar-refractivity contribution in [2.45, 2.75) is 19.4 Å². The fraction of sp³-hybridized carbons (Fsp3) is 0.300. The number of aliphatic hydroxyl groups excluding tert-OH is 1. The minimum atomic E-state index is -1.85. The number of carboxylic acid groups (broad SMARTS) is 2. The zero-order chi connectivity index (χ0) is 13.4. The van der Waals surface area contributed by atoms with Gasteiger partial charge in [0.2, 0.25) is 6.20 Å². The van der Waals surface area contributed by atoms with E-state index in [2.05, 4.69) is 4.98 Å². The average molecular weight is 243 g/mol. The molecule has 17 heavy (non-hydrogen) atoms. The number of hydrogen-bond donors (Lipinski definition) is 3. The van der Waals surface area contributed by atoms with E-state index in [9.17, 15) is 14.7 Å². The SMILES string of the molecule is Cc1ccc(O)c[nH+]1.O=C([O-])C[C@H](O)C(=O)O. The molecule has 0 saturated carbocycles. The third-order valence-electron chi connectivity index (χ3n) is 1.60. The van der Waals surface area contributed by atoms with E-state index in [1.54, 1.807) is 12.3 Å². The van der Waals surface area contributed by atoms with Crippen LogP contribution in [0.4, 0.5) is 0 Å². The molecule has 1 rings (SSSR count). The molecule has 0 fully saturated rings. The monoisotopic (exact) mass is 243 g/mol. The van der Waals surface area contributed by atoms with Gasteiger partial charge in [0.1, 0.15) is 0 Å². The Morgan fingerprint density at radius 2 is 2.06 bits per heavy atom. The topological polar surface area (TPSA) is 132 Å². The molecule has 0 bridgehead atoms. The number of carbonyl (C=O) groups excluding carboxylic acids is 1. The second-order valence-electron chi connectivity index (χ2n) is 3.16. The lowest BCUT2D eigenvalue weighted by Gasteiger charge is -2.03. The first-order valence-electron chi connectivity index (χ1n) is 4.61. The number of nitrogens with one attached hydrogen (secondary N) is 1. The standard InChI is InChI=1S/C6H7NO.C4H6O5/c1-5-2-3-6(8)4-7-5;5-2(4(8)9)1-3(6)7/h2-4,8H,1H3;2,5H,1H2,(H,6,7)(H,8,9)/t;2-/m.0/s1. The zero-order valence-corrected chi connectivity index (χ0v) is 9.08. The zero-order valence-electron chi connectivity index (χ0n) is 9.08. The molecule has 0 spiro atoms. The highest BCUT2D eigenvalue weighted by Crippen LogP contribution is 2.00. The lowest BCUT2D eigenvalue weighted by Crippen LogP contribution is -2.31. The number of carbonyl (C=O) groups is 2. The number of aryl methyl sites for hydroxylation is 1. The molecule has 0 radical (unpaired) electrons. The van der Waals surface area contributed by atoms with Gasteiger partial charge in [-0.2, -0.15) is 0 Å². The predicted octanol–water partition coefficient (Wildman–Crippen LogP) is -1.91. The van der Waals surface area contributed by atoms with Gasteiger partial charge in [0, 0.05) is 25.4 Å². The fourth-order valence-electron chi connectivity index (χ4n) is 0.740. The summed E-state index contributed by atoms with van der Waals surface area (Å²) >= 11 is 0. The number of hydrogen-bond acceptors (Lipinski definition) is 5. The molecular formula is C10H13NO6. The van der Waals surface area contributed by atoms with Crippen LogP contribution in [-0.4, -0.2) is 33.4 Å². The molecule has 94 valence electrons. The molecule has 0 saturated heterocycles. The van der Waals surface area contributed by atoms with E-state index < -0.39 is 24.5 Å². The van der Waals surface area contributed by atoms with E-state index in [-0.39, 0.29) is 5.75 Å². The van der Waals surface area contributed by atoms with Crippen LogP contribution in [-0.2, 0) is 9.59 Å². The highest BCUT2D eigenvalue weighted by molar-refractivity contribution is 5.78. The summed E-state index contributed by atoms with van der Waals surface area (Å²) < 4.78 is 0.